The van der Waals surface area contributed by atoms with Crippen molar-refractivity contribution in [2.24, 2.45) is 88.8 Å². The van der Waals surface area contributed by atoms with Crippen molar-refractivity contribution < 1.29 is 70.8 Å². The largest absolute Gasteiger partial charge is 0.420 e. The van der Waals surface area contributed by atoms with Crippen LogP contribution in [0.15, 0.2) is 55.1 Å². The fourth-order valence-electron chi connectivity index (χ4n) is 22.0. The minimum absolute atomic E-state index is 0.117. The molecule has 0 N–H and O–H groups in total. The second-order valence-corrected chi connectivity index (χ2v) is 122. The molecule has 16 nitrogen and oxygen atoms in total. The highest BCUT2D eigenvalue weighted by molar-refractivity contribution is 7.99. The second-order valence-electron chi connectivity index (χ2n) is 50.8. The molecule has 0 heterocycles. The van der Waals surface area contributed by atoms with Crippen LogP contribution in [0, 0.1) is 88.8 Å². The first-order valence-corrected chi connectivity index (χ1v) is 103. The van der Waals surface area contributed by atoms with E-state index < -0.39 is 133 Å². The molecule has 0 saturated heterocycles. The Bertz CT molecular complexity index is 3600. The van der Waals surface area contributed by atoms with E-state index in [4.69, 9.17) is 70.8 Å². The number of hydrogen-bond acceptors (Lipinski definition) is 18. The van der Waals surface area contributed by atoms with Gasteiger partial charge in [-0.05, 0) is 435 Å². The zero-order valence-corrected chi connectivity index (χ0v) is 114. The van der Waals surface area contributed by atoms with E-state index in [9.17, 15) is 0 Å². The zero-order chi connectivity index (χ0) is 103. The van der Waals surface area contributed by atoms with Gasteiger partial charge in [0.25, 0.3) is 0 Å². The van der Waals surface area contributed by atoms with E-state index in [1.807, 2.05) is 67.6 Å². The Morgan fingerprint density at radius 1 is 0.224 bits per heavy atom. The maximum atomic E-state index is 7.42. The average molecular weight is 2190 g/mol. The lowest BCUT2D eigenvalue weighted by Gasteiger charge is -2.56. The lowest BCUT2D eigenvalue weighted by Crippen LogP contribution is -2.55. The number of thioether (sulfide) groups is 2. The highest BCUT2D eigenvalue weighted by Gasteiger charge is 2.59. The molecule has 0 amide bonds. The van der Waals surface area contributed by atoms with Crippen molar-refractivity contribution in [3.8, 4) is 0 Å². The van der Waals surface area contributed by atoms with Gasteiger partial charge in [-0.2, -0.15) is 23.5 Å². The SMILES string of the molecule is C=Cc1ccc(CSCc2ccc(C(C)CSCC(C[Si](C)(C)OC)C(C[Si](C)(C)OC)C(C[Si](C)(C)OC)C(C[Si](C)(C)OC)C(C[Si](C)(C)OC)C(C[Si](C)(C)OC)C(C[Si](C)(C)OC)C(C[Si](C)(C)OC)C(C[Si](C)(C)OC)C(C[Si](C)(C)OC)C(C[Si](C)(C)OC)C(C[Si](C)(C)OC)C(C[Si](C)(C)OC)C(C[Si](C)(C)OC)C(CC[Si](C)(C)OC)C[Si](C)(C)OC)cc2)cc1. The van der Waals surface area contributed by atoms with Gasteiger partial charge in [0.1, 0.15) is 0 Å². The summed E-state index contributed by atoms with van der Waals surface area (Å²) >= 11 is 4.18. The maximum Gasteiger partial charge on any atom is 0.186 e. The van der Waals surface area contributed by atoms with Crippen LogP contribution >= 0.6 is 23.5 Å². The smallest absolute Gasteiger partial charge is 0.186 e. The molecule has 2 rings (SSSR count). The first kappa shape index (κ1) is 132. The summed E-state index contributed by atoms with van der Waals surface area (Å²) in [5.41, 5.74) is 5.28. The van der Waals surface area contributed by atoms with Gasteiger partial charge in [-0.3, -0.25) is 0 Å². The first-order chi connectivity index (χ1) is 61.3. The first-order valence-electron chi connectivity index (χ1n) is 51.0. The van der Waals surface area contributed by atoms with Crippen molar-refractivity contribution in [1.29, 1.82) is 0 Å². The minimum Gasteiger partial charge on any atom is -0.420 e. The van der Waals surface area contributed by atoms with Crippen LogP contribution in [0.2, 0.25) is 306 Å². The van der Waals surface area contributed by atoms with E-state index in [-0.39, 0.29) is 76.9 Å². The summed E-state index contributed by atoms with van der Waals surface area (Å²) in [7, 11) is -7.81. The number of hydrogen-bond donors (Lipinski definition) is 0. The summed E-state index contributed by atoms with van der Waals surface area (Å²) in [6, 6.07) is 34.5. The van der Waals surface area contributed by atoms with Crippen LogP contribution in [0.5, 0.6) is 0 Å². The summed E-state index contributed by atoms with van der Waals surface area (Å²) in [6.45, 7) is 87.7. The standard InChI is InChI=1S/C100H216O16S2Si16/c1-51-82-52-54-83(55-53-82)63-118-64-84-56-58-85(59-57-84)81(2)62-117-65-87(67-121(23,24)103-5)89(69-123(27,28)105-7)91(71-125(31,32)107-9)93(73-127(35,36)109-11)95(75-129(39,40)111-13)97(77-131(43,44)113-15)99(79-133(47,48)115-17)100(80-134(49,50)116-18)98(78-132(45,46)114-16)96(76-130(41,42)112-14)94(74-128(37,38)110-12)92(72-126(33,34)108-10)90(70-124(29,30)106-8)88(68-122(25,26)104-6)86(66-120(21,22)102-4)60-61-119(19,20)101-3/h51-59,81,86-100H,1,60-80H2,2-50H3. The third-order valence-electron chi connectivity index (χ3n) is 32.7. The van der Waals surface area contributed by atoms with Crippen molar-refractivity contribution in [2.45, 2.75) is 337 Å². The Morgan fingerprint density at radius 3 is 0.612 bits per heavy atom. The predicted octanol–water partition coefficient (Wildman–Crippen LogP) is 29.9. The zero-order valence-electron chi connectivity index (χ0n) is 96.3. The number of rotatable bonds is 73. The van der Waals surface area contributed by atoms with Crippen molar-refractivity contribution in [3.05, 3.63) is 77.4 Å². The van der Waals surface area contributed by atoms with Crippen LogP contribution in [0.4, 0.5) is 0 Å². The summed E-state index contributed by atoms with van der Waals surface area (Å²) in [5.74, 6) is 7.20. The van der Waals surface area contributed by atoms with Crippen molar-refractivity contribution in [1.82, 2.24) is 0 Å². The van der Waals surface area contributed by atoms with Gasteiger partial charge >= 0.3 is 0 Å². The van der Waals surface area contributed by atoms with Crippen LogP contribution in [0.1, 0.15) is 41.5 Å². The van der Waals surface area contributed by atoms with E-state index in [0.717, 1.165) is 132 Å². The van der Waals surface area contributed by atoms with Gasteiger partial charge < -0.3 is 70.8 Å². The Kier molecular flexibility index (Phi) is 56.0. The van der Waals surface area contributed by atoms with Gasteiger partial charge in [0.15, 0.2) is 133 Å². The van der Waals surface area contributed by atoms with E-state index >= 15 is 0 Å². The van der Waals surface area contributed by atoms with Gasteiger partial charge in [-0.1, -0.05) is 74.5 Å². The molecule has 34 heteroatoms. The van der Waals surface area contributed by atoms with E-state index in [2.05, 4.69) is 347 Å². The molecular formula is C100H216O16S2Si16. The van der Waals surface area contributed by atoms with Crippen molar-refractivity contribution in [3.63, 3.8) is 0 Å². The van der Waals surface area contributed by atoms with Gasteiger partial charge in [0, 0.05) is 125 Å². The van der Waals surface area contributed by atoms with E-state index in [1.54, 1.807) is 0 Å². The van der Waals surface area contributed by atoms with Crippen LogP contribution < -0.4 is 0 Å². The second kappa shape index (κ2) is 56.9. The van der Waals surface area contributed by atoms with Crippen LogP contribution in [-0.2, 0) is 82.3 Å². The van der Waals surface area contributed by atoms with Crippen molar-refractivity contribution in [2.75, 3.05) is 125 Å². The molecule has 16 atom stereocenters. The highest BCUT2D eigenvalue weighted by atomic mass is 32.2. The van der Waals surface area contributed by atoms with Gasteiger partial charge in [-0.25, -0.2) is 0 Å². The van der Waals surface area contributed by atoms with Gasteiger partial charge in [0.05, 0.1) is 0 Å². The molecule has 2 aromatic carbocycles. The predicted molar refractivity (Wildman–Crippen MR) is 629 cm³/mol. The quantitative estimate of drug-likeness (QED) is 0.0578. The Hall–Kier alpha value is 1.71. The lowest BCUT2D eigenvalue weighted by molar-refractivity contribution is 0.0432. The molecule has 16 unspecified atom stereocenters. The third kappa shape index (κ3) is 46.6. The molecule has 0 saturated carbocycles. The molecule has 0 spiro atoms. The number of benzene rings is 2. The Labute approximate surface area is 854 Å². The van der Waals surface area contributed by atoms with Crippen LogP contribution in [0.3, 0.4) is 0 Å². The normalized spacial score (nSPS) is 17.9. The third-order valence-corrected chi connectivity index (χ3v) is 76.3. The molecule has 788 valence electrons. The molecule has 134 heavy (non-hydrogen) atoms. The molecular weight excluding hydrogens is 1970 g/mol. The van der Waals surface area contributed by atoms with Crippen molar-refractivity contribution >= 4 is 163 Å². The Morgan fingerprint density at radius 2 is 0.403 bits per heavy atom. The van der Waals surface area contributed by atoms with Crippen LogP contribution in [0.25, 0.3) is 6.08 Å². The Balaban J connectivity index is 4.13. The van der Waals surface area contributed by atoms with Crippen LogP contribution in [-0.4, -0.2) is 258 Å². The molecule has 0 aliphatic rings. The molecule has 0 aromatic heterocycles. The maximum absolute atomic E-state index is 7.42. The molecule has 0 aliphatic carbocycles. The fourth-order valence-corrected chi connectivity index (χ4v) is 54.4. The molecule has 0 fully saturated rings. The molecule has 0 aliphatic heterocycles. The molecule has 2 aromatic rings. The topological polar surface area (TPSA) is 148 Å². The van der Waals surface area contributed by atoms with E-state index in [0.29, 0.717) is 17.8 Å². The lowest BCUT2D eigenvalue weighted by atomic mass is 9.62. The van der Waals surface area contributed by atoms with Gasteiger partial charge in [-0.15, -0.1) is 0 Å². The van der Waals surface area contributed by atoms with E-state index in [1.165, 1.54) is 16.7 Å². The molecule has 0 radical (unpaired) electrons. The summed E-state index contributed by atoms with van der Waals surface area (Å²) in [5, 5.41) is 0. The highest BCUT2D eigenvalue weighted by Crippen LogP contribution is 2.61. The minimum atomic E-state index is -2.69. The monoisotopic (exact) mass is 2190 g/mol. The van der Waals surface area contributed by atoms with Gasteiger partial charge in [0.2, 0.25) is 0 Å². The summed E-state index contributed by atoms with van der Waals surface area (Å²) in [6.07, 6.45) is 3.00. The summed E-state index contributed by atoms with van der Waals surface area (Å²) in [4.78, 5) is 0. The molecule has 0 bridgehead atoms. The summed E-state index contributed by atoms with van der Waals surface area (Å²) < 4.78 is 115. The average Bonchev–Trinajstić information content (AvgIpc) is 0.745. The fraction of sp³-hybridized carbons (Fsp3) is 0.860.